The summed E-state index contributed by atoms with van der Waals surface area (Å²) in [5.74, 6) is -1.07. The van der Waals surface area contributed by atoms with Crippen molar-refractivity contribution in [2.24, 2.45) is 0 Å². The first-order chi connectivity index (χ1) is 16.5. The maximum atomic E-state index is 12.8. The van der Waals surface area contributed by atoms with E-state index >= 15 is 0 Å². The summed E-state index contributed by atoms with van der Waals surface area (Å²) in [6.45, 7) is 4.48. The number of nitrogens with zero attached hydrogens (tertiary/aromatic N) is 2. The van der Waals surface area contributed by atoms with E-state index < -0.39 is 11.9 Å². The zero-order chi connectivity index (χ0) is 23.9. The van der Waals surface area contributed by atoms with Gasteiger partial charge in [0.15, 0.2) is 0 Å². The third-order valence-electron chi connectivity index (χ3n) is 6.13. The average Bonchev–Trinajstić information content (AvgIpc) is 2.88. The Morgan fingerprint density at radius 3 is 2.32 bits per heavy atom. The average molecular weight is 460 g/mol. The monoisotopic (exact) mass is 459 g/mol. The molecule has 0 atom stereocenters. The van der Waals surface area contributed by atoms with Crippen molar-refractivity contribution in [1.29, 1.82) is 0 Å². The van der Waals surface area contributed by atoms with Gasteiger partial charge < -0.3 is 20.1 Å². The van der Waals surface area contributed by atoms with Crippen LogP contribution in [0.15, 0.2) is 72.8 Å². The van der Waals surface area contributed by atoms with Crippen molar-refractivity contribution < 1.29 is 19.4 Å². The molecule has 3 aromatic carbocycles. The zero-order valence-electron chi connectivity index (χ0n) is 19.2. The Hall–Kier alpha value is -3.84. The summed E-state index contributed by atoms with van der Waals surface area (Å²) in [5.41, 5.74) is 2.84. The standard InChI is InChI=1S/C27H29N3O4/c1-34-25-10-6-5-9-22(25)26(31)28-24-12-11-21(19-23(24)27(32)33)30-17-15-29(16-18-30)14-13-20-7-3-2-4-8-20/h2-12,19H,13-18H2,1H3,(H,28,31)(H,32,33). The van der Waals surface area contributed by atoms with Gasteiger partial charge in [0.1, 0.15) is 5.75 Å². The normalized spacial score (nSPS) is 14.0. The topological polar surface area (TPSA) is 82.1 Å². The van der Waals surface area contributed by atoms with E-state index in [1.807, 2.05) is 12.1 Å². The first kappa shape index (κ1) is 23.3. The van der Waals surface area contributed by atoms with E-state index in [0.717, 1.165) is 44.8 Å². The summed E-state index contributed by atoms with van der Waals surface area (Å²) in [5, 5.41) is 12.5. The molecule has 0 unspecified atom stereocenters. The second-order valence-electron chi connectivity index (χ2n) is 8.25. The minimum atomic E-state index is -1.08. The molecule has 1 aliphatic heterocycles. The number of carbonyl (C=O) groups is 2. The molecule has 0 aliphatic carbocycles. The highest BCUT2D eigenvalue weighted by atomic mass is 16.5. The first-order valence-electron chi connectivity index (χ1n) is 11.4. The number of carboxylic acids is 1. The molecule has 0 spiro atoms. The van der Waals surface area contributed by atoms with Crippen LogP contribution < -0.4 is 15.0 Å². The van der Waals surface area contributed by atoms with Crippen molar-refractivity contribution in [3.05, 3.63) is 89.5 Å². The zero-order valence-corrected chi connectivity index (χ0v) is 19.2. The first-order valence-corrected chi connectivity index (χ1v) is 11.4. The Balaban J connectivity index is 1.41. The molecule has 1 fully saturated rings. The van der Waals surface area contributed by atoms with Crippen LogP contribution in [0.3, 0.4) is 0 Å². The number of carboxylic acid groups (broad SMARTS) is 1. The lowest BCUT2D eigenvalue weighted by Gasteiger charge is -2.36. The van der Waals surface area contributed by atoms with Crippen LogP contribution in [-0.2, 0) is 6.42 Å². The quantitative estimate of drug-likeness (QED) is 0.530. The van der Waals surface area contributed by atoms with E-state index in [1.54, 1.807) is 36.4 Å². The van der Waals surface area contributed by atoms with E-state index in [4.69, 9.17) is 4.74 Å². The molecular weight excluding hydrogens is 430 g/mol. The lowest BCUT2D eigenvalue weighted by molar-refractivity contribution is 0.0698. The van der Waals surface area contributed by atoms with E-state index in [1.165, 1.54) is 12.7 Å². The molecule has 4 rings (SSSR count). The number of aromatic carboxylic acids is 1. The molecule has 3 aromatic rings. The fourth-order valence-electron chi connectivity index (χ4n) is 4.20. The summed E-state index contributed by atoms with van der Waals surface area (Å²) in [6, 6.07) is 22.5. The maximum Gasteiger partial charge on any atom is 0.337 e. The van der Waals surface area contributed by atoms with Gasteiger partial charge in [0.05, 0.1) is 23.9 Å². The number of nitrogens with one attached hydrogen (secondary N) is 1. The summed E-state index contributed by atoms with van der Waals surface area (Å²) in [4.78, 5) is 29.3. The van der Waals surface area contributed by atoms with Crippen LogP contribution in [0.2, 0.25) is 0 Å². The predicted octanol–water partition coefficient (Wildman–Crippen LogP) is 4.01. The van der Waals surface area contributed by atoms with Crippen LogP contribution in [-0.4, -0.2) is 61.7 Å². The molecular formula is C27H29N3O4. The highest BCUT2D eigenvalue weighted by Crippen LogP contribution is 2.26. The number of piperazine rings is 1. The smallest absolute Gasteiger partial charge is 0.337 e. The van der Waals surface area contributed by atoms with E-state index in [-0.39, 0.29) is 11.3 Å². The fraction of sp³-hybridized carbons (Fsp3) is 0.259. The molecule has 1 saturated heterocycles. The molecule has 1 amide bonds. The summed E-state index contributed by atoms with van der Waals surface area (Å²) in [7, 11) is 1.49. The largest absolute Gasteiger partial charge is 0.496 e. The van der Waals surface area contributed by atoms with Gasteiger partial charge in [-0.1, -0.05) is 42.5 Å². The number of amides is 1. The number of carbonyl (C=O) groups excluding carboxylic acids is 1. The third kappa shape index (κ3) is 5.55. The minimum Gasteiger partial charge on any atom is -0.496 e. The number of anilines is 2. The van der Waals surface area contributed by atoms with Crippen molar-refractivity contribution in [3.8, 4) is 5.75 Å². The Bertz CT molecular complexity index is 1140. The molecule has 34 heavy (non-hydrogen) atoms. The van der Waals surface area contributed by atoms with Crippen molar-refractivity contribution in [1.82, 2.24) is 4.90 Å². The number of hydrogen-bond donors (Lipinski definition) is 2. The summed E-state index contributed by atoms with van der Waals surface area (Å²) >= 11 is 0. The number of ether oxygens (including phenoxy) is 1. The fourth-order valence-corrected chi connectivity index (χ4v) is 4.20. The molecule has 7 nitrogen and oxygen atoms in total. The van der Waals surface area contributed by atoms with Gasteiger partial charge in [-0.2, -0.15) is 0 Å². The van der Waals surface area contributed by atoms with Gasteiger partial charge in [0, 0.05) is 38.4 Å². The Kier molecular flexibility index (Phi) is 7.44. The van der Waals surface area contributed by atoms with Gasteiger partial charge in [-0.15, -0.1) is 0 Å². The second-order valence-corrected chi connectivity index (χ2v) is 8.25. The van der Waals surface area contributed by atoms with E-state index in [9.17, 15) is 14.7 Å². The molecule has 1 heterocycles. The highest BCUT2D eigenvalue weighted by molar-refractivity contribution is 6.09. The predicted molar refractivity (Wildman–Crippen MR) is 133 cm³/mol. The van der Waals surface area contributed by atoms with Gasteiger partial charge in [0.25, 0.3) is 5.91 Å². The molecule has 1 aliphatic rings. The number of rotatable bonds is 8. The van der Waals surface area contributed by atoms with Gasteiger partial charge >= 0.3 is 5.97 Å². The van der Waals surface area contributed by atoms with E-state index in [2.05, 4.69) is 39.4 Å². The van der Waals surface area contributed by atoms with Crippen molar-refractivity contribution in [3.63, 3.8) is 0 Å². The Morgan fingerprint density at radius 2 is 1.62 bits per heavy atom. The maximum absolute atomic E-state index is 12.8. The summed E-state index contributed by atoms with van der Waals surface area (Å²) in [6.07, 6.45) is 1.02. The van der Waals surface area contributed by atoms with Crippen LogP contribution in [0.1, 0.15) is 26.3 Å². The van der Waals surface area contributed by atoms with Crippen molar-refractivity contribution in [2.75, 3.05) is 50.1 Å². The number of methoxy groups -OCH3 is 1. The number of hydrogen-bond acceptors (Lipinski definition) is 5. The summed E-state index contributed by atoms with van der Waals surface area (Å²) < 4.78 is 5.24. The SMILES string of the molecule is COc1ccccc1C(=O)Nc1ccc(N2CCN(CCc3ccccc3)CC2)cc1C(=O)O. The lowest BCUT2D eigenvalue weighted by atomic mass is 10.1. The van der Waals surface area contributed by atoms with Gasteiger partial charge in [0.2, 0.25) is 0 Å². The van der Waals surface area contributed by atoms with Gasteiger partial charge in [-0.25, -0.2) is 4.79 Å². The van der Waals surface area contributed by atoms with Crippen LogP contribution in [0, 0.1) is 0 Å². The van der Waals surface area contributed by atoms with Crippen LogP contribution >= 0.6 is 0 Å². The van der Waals surface area contributed by atoms with Crippen LogP contribution in [0.5, 0.6) is 5.75 Å². The molecule has 0 aromatic heterocycles. The number of para-hydroxylation sites is 1. The lowest BCUT2D eigenvalue weighted by Crippen LogP contribution is -2.47. The molecule has 0 radical (unpaired) electrons. The number of benzene rings is 3. The Labute approximate surface area is 199 Å². The molecule has 7 heteroatoms. The van der Waals surface area contributed by atoms with Crippen molar-refractivity contribution >= 4 is 23.3 Å². The van der Waals surface area contributed by atoms with Gasteiger partial charge in [-0.3, -0.25) is 9.69 Å². The van der Waals surface area contributed by atoms with Crippen molar-refractivity contribution in [2.45, 2.75) is 6.42 Å². The third-order valence-corrected chi connectivity index (χ3v) is 6.13. The minimum absolute atomic E-state index is 0.0623. The molecule has 0 bridgehead atoms. The van der Waals surface area contributed by atoms with Crippen LogP contribution in [0.25, 0.3) is 0 Å². The van der Waals surface area contributed by atoms with Gasteiger partial charge in [-0.05, 0) is 42.3 Å². The second kappa shape index (κ2) is 10.9. The van der Waals surface area contributed by atoms with Crippen LogP contribution in [0.4, 0.5) is 11.4 Å². The Morgan fingerprint density at radius 1 is 0.912 bits per heavy atom. The molecule has 0 saturated carbocycles. The highest BCUT2D eigenvalue weighted by Gasteiger charge is 2.21. The molecule has 176 valence electrons. The van der Waals surface area contributed by atoms with E-state index in [0.29, 0.717) is 11.3 Å². The molecule has 2 N–H and O–H groups in total.